The van der Waals surface area contributed by atoms with Gasteiger partial charge in [0.05, 0.1) is 0 Å². The number of aryl methyl sites for hydroxylation is 1. The number of hydrogen-bond donors (Lipinski definition) is 1. The second kappa shape index (κ2) is 6.67. The van der Waals surface area contributed by atoms with E-state index in [1.807, 2.05) is 6.07 Å². The molecule has 2 heteroatoms. The first kappa shape index (κ1) is 14.9. The largest absolute Gasteiger partial charge is 0.399 e. The summed E-state index contributed by atoms with van der Waals surface area (Å²) in [7, 11) is 0. The fraction of sp³-hybridized carbons (Fsp3) is 0.625. The molecule has 0 radical (unpaired) electrons. The van der Waals surface area contributed by atoms with E-state index in [1.165, 1.54) is 24.1 Å². The molecule has 0 atom stereocenters. The average Bonchev–Trinajstić information content (AvgIpc) is 2.32. The van der Waals surface area contributed by atoms with E-state index in [4.69, 9.17) is 5.73 Å². The summed E-state index contributed by atoms with van der Waals surface area (Å²) in [6.45, 7) is 12.3. The molecule has 0 saturated heterocycles. The molecule has 0 aliphatic carbocycles. The summed E-state index contributed by atoms with van der Waals surface area (Å²) in [5.74, 6) is 0.659. The van der Waals surface area contributed by atoms with Gasteiger partial charge >= 0.3 is 0 Å². The van der Waals surface area contributed by atoms with Crippen molar-refractivity contribution in [1.29, 1.82) is 0 Å². The summed E-state index contributed by atoms with van der Waals surface area (Å²) in [4.78, 5) is 2.54. The normalized spacial score (nSPS) is 11.3. The van der Waals surface area contributed by atoms with Gasteiger partial charge in [-0.2, -0.15) is 0 Å². The molecule has 0 aliphatic heterocycles. The van der Waals surface area contributed by atoms with Crippen LogP contribution in [0.15, 0.2) is 18.2 Å². The van der Waals surface area contributed by atoms with Crippen LogP contribution < -0.4 is 10.6 Å². The van der Waals surface area contributed by atoms with Crippen LogP contribution in [0.1, 0.15) is 46.1 Å². The third-order valence-electron chi connectivity index (χ3n) is 3.49. The third kappa shape index (κ3) is 3.66. The second-order valence-electron chi connectivity index (χ2n) is 5.56. The molecular formula is C16H28N2. The Morgan fingerprint density at radius 2 is 1.78 bits per heavy atom. The first-order valence-electron chi connectivity index (χ1n) is 7.12. The zero-order valence-corrected chi connectivity index (χ0v) is 12.5. The number of anilines is 2. The highest BCUT2D eigenvalue weighted by Crippen LogP contribution is 2.27. The maximum absolute atomic E-state index is 5.95. The molecule has 0 spiro atoms. The van der Waals surface area contributed by atoms with Gasteiger partial charge in [0.15, 0.2) is 0 Å². The molecule has 0 unspecified atom stereocenters. The zero-order valence-electron chi connectivity index (χ0n) is 12.5. The lowest BCUT2D eigenvalue weighted by atomic mass is 10.0. The van der Waals surface area contributed by atoms with Gasteiger partial charge in [0, 0.05) is 24.0 Å². The first-order chi connectivity index (χ1) is 8.49. The van der Waals surface area contributed by atoms with Crippen molar-refractivity contribution in [2.45, 2.75) is 53.5 Å². The van der Waals surface area contributed by atoms with Gasteiger partial charge in [-0.15, -0.1) is 0 Å². The lowest BCUT2D eigenvalue weighted by Gasteiger charge is -2.35. The summed E-state index contributed by atoms with van der Waals surface area (Å²) >= 11 is 0. The van der Waals surface area contributed by atoms with Gasteiger partial charge in [0.1, 0.15) is 0 Å². The van der Waals surface area contributed by atoms with Gasteiger partial charge in [-0.05, 0) is 43.4 Å². The molecular weight excluding hydrogens is 220 g/mol. The Labute approximate surface area is 112 Å². The maximum Gasteiger partial charge on any atom is 0.0419 e. The van der Waals surface area contributed by atoms with E-state index in [-0.39, 0.29) is 0 Å². The first-order valence-corrected chi connectivity index (χ1v) is 7.12. The van der Waals surface area contributed by atoms with Crippen LogP contribution in [0.4, 0.5) is 11.4 Å². The topological polar surface area (TPSA) is 29.3 Å². The van der Waals surface area contributed by atoms with Crippen molar-refractivity contribution in [2.24, 2.45) is 5.92 Å². The van der Waals surface area contributed by atoms with E-state index < -0.39 is 0 Å². The Bertz CT molecular complexity index is 367. The van der Waals surface area contributed by atoms with Gasteiger partial charge in [-0.1, -0.05) is 33.8 Å². The zero-order chi connectivity index (χ0) is 13.7. The molecule has 102 valence electrons. The van der Waals surface area contributed by atoms with Crippen molar-refractivity contribution in [3.63, 3.8) is 0 Å². The molecule has 0 fully saturated rings. The van der Waals surface area contributed by atoms with Gasteiger partial charge in [-0.25, -0.2) is 0 Å². The minimum Gasteiger partial charge on any atom is -0.399 e. The minimum absolute atomic E-state index is 0.605. The molecule has 1 aromatic rings. The molecule has 1 rings (SSSR count). The fourth-order valence-electron chi connectivity index (χ4n) is 2.50. The molecule has 0 amide bonds. The Morgan fingerprint density at radius 1 is 1.17 bits per heavy atom. The van der Waals surface area contributed by atoms with Crippen LogP contribution in [0, 0.1) is 12.8 Å². The molecule has 2 nitrogen and oxygen atoms in total. The lowest BCUT2D eigenvalue weighted by molar-refractivity contribution is 0.507. The number of benzene rings is 1. The van der Waals surface area contributed by atoms with Crippen molar-refractivity contribution in [3.8, 4) is 0 Å². The number of rotatable bonds is 6. The monoisotopic (exact) mass is 248 g/mol. The van der Waals surface area contributed by atoms with Crippen LogP contribution in [0.3, 0.4) is 0 Å². The van der Waals surface area contributed by atoms with Crippen LogP contribution in [0.5, 0.6) is 0 Å². The number of nitrogens with zero attached hydrogens (tertiary/aromatic N) is 1. The van der Waals surface area contributed by atoms with Gasteiger partial charge < -0.3 is 10.6 Å². The van der Waals surface area contributed by atoms with Crippen LogP contribution in [0.25, 0.3) is 0 Å². The van der Waals surface area contributed by atoms with Crippen LogP contribution in [0.2, 0.25) is 0 Å². The predicted octanol–water partition coefficient (Wildman–Crippen LogP) is 4.23. The van der Waals surface area contributed by atoms with Crippen molar-refractivity contribution in [3.05, 3.63) is 23.8 Å². The van der Waals surface area contributed by atoms with E-state index in [0.717, 1.165) is 12.2 Å². The smallest absolute Gasteiger partial charge is 0.0419 e. The Hall–Kier alpha value is -1.18. The second-order valence-corrected chi connectivity index (χ2v) is 5.56. The molecule has 0 aliphatic rings. The minimum atomic E-state index is 0.605. The lowest BCUT2D eigenvalue weighted by Crippen LogP contribution is -2.37. The van der Waals surface area contributed by atoms with Gasteiger partial charge in [0.2, 0.25) is 0 Å². The summed E-state index contributed by atoms with van der Waals surface area (Å²) < 4.78 is 0. The molecule has 0 aromatic heterocycles. The average molecular weight is 248 g/mol. The van der Waals surface area contributed by atoms with Crippen LogP contribution in [-0.2, 0) is 0 Å². The Kier molecular flexibility index (Phi) is 5.52. The van der Waals surface area contributed by atoms with E-state index >= 15 is 0 Å². The van der Waals surface area contributed by atoms with Gasteiger partial charge in [0.25, 0.3) is 0 Å². The third-order valence-corrected chi connectivity index (χ3v) is 3.49. The van der Waals surface area contributed by atoms with Crippen molar-refractivity contribution in [2.75, 3.05) is 17.2 Å². The Morgan fingerprint density at radius 3 is 2.28 bits per heavy atom. The summed E-state index contributed by atoms with van der Waals surface area (Å²) in [5, 5.41) is 0. The molecule has 0 bridgehead atoms. The van der Waals surface area contributed by atoms with Crippen LogP contribution >= 0.6 is 0 Å². The molecule has 0 saturated carbocycles. The number of nitrogens with two attached hydrogens (primary N) is 1. The highest BCUT2D eigenvalue weighted by molar-refractivity contribution is 5.61. The molecule has 18 heavy (non-hydrogen) atoms. The van der Waals surface area contributed by atoms with Crippen LogP contribution in [-0.4, -0.2) is 12.6 Å². The van der Waals surface area contributed by atoms with E-state index in [1.54, 1.807) is 0 Å². The van der Waals surface area contributed by atoms with Gasteiger partial charge in [-0.3, -0.25) is 0 Å². The number of nitrogen functional groups attached to an aromatic ring is 1. The summed E-state index contributed by atoms with van der Waals surface area (Å²) in [6.07, 6.45) is 2.36. The Balaban J connectivity index is 3.11. The number of hydrogen-bond acceptors (Lipinski definition) is 2. The maximum atomic E-state index is 5.95. The molecule has 1 aromatic carbocycles. The molecule has 2 N–H and O–H groups in total. The summed E-state index contributed by atoms with van der Waals surface area (Å²) in [5.41, 5.74) is 9.43. The SMILES string of the molecule is CCC(CC)N(CC(C)C)c1cc(N)ccc1C. The van der Waals surface area contributed by atoms with E-state index in [2.05, 4.69) is 51.7 Å². The predicted molar refractivity (Wildman–Crippen MR) is 82.1 cm³/mol. The quantitative estimate of drug-likeness (QED) is 0.763. The van der Waals surface area contributed by atoms with Crippen molar-refractivity contribution < 1.29 is 0 Å². The fourth-order valence-corrected chi connectivity index (χ4v) is 2.50. The van der Waals surface area contributed by atoms with E-state index in [9.17, 15) is 0 Å². The van der Waals surface area contributed by atoms with E-state index in [0.29, 0.717) is 12.0 Å². The van der Waals surface area contributed by atoms with Crippen molar-refractivity contribution >= 4 is 11.4 Å². The molecule has 0 heterocycles. The standard InChI is InChI=1S/C16H28N2/c1-6-15(7-2)18(11-12(3)4)16-10-14(17)9-8-13(16)5/h8-10,12,15H,6-7,11,17H2,1-5H3. The highest BCUT2D eigenvalue weighted by atomic mass is 15.2. The highest BCUT2D eigenvalue weighted by Gasteiger charge is 2.18. The van der Waals surface area contributed by atoms with Crippen molar-refractivity contribution in [1.82, 2.24) is 0 Å². The summed E-state index contributed by atoms with van der Waals surface area (Å²) in [6, 6.07) is 6.84.